The molecule has 2 aliphatic heterocycles. The van der Waals surface area contributed by atoms with Crippen molar-refractivity contribution in [2.24, 2.45) is 4.99 Å². The monoisotopic (exact) mass is 411 g/mol. The number of benzene rings is 1. The average molecular weight is 412 g/mol. The van der Waals surface area contributed by atoms with Crippen molar-refractivity contribution in [3.63, 3.8) is 0 Å². The predicted molar refractivity (Wildman–Crippen MR) is 118 cm³/mol. The number of anilines is 1. The molecule has 2 heterocycles. The molecule has 0 spiro atoms. The minimum Gasteiger partial charge on any atom is -0.455 e. The molecule has 1 amide bonds. The number of rotatable bonds is 1. The summed E-state index contributed by atoms with van der Waals surface area (Å²) < 4.78 is 5.53. The van der Waals surface area contributed by atoms with Crippen molar-refractivity contribution in [1.82, 2.24) is 4.90 Å². The molecule has 0 saturated heterocycles. The first-order valence-corrected chi connectivity index (χ1v) is 13.3. The zero-order valence-corrected chi connectivity index (χ0v) is 19.3. The fourth-order valence-electron chi connectivity index (χ4n) is 3.31. The molecule has 1 unspecified atom stereocenters. The number of ether oxygens (including phenoxy) is 1. The summed E-state index contributed by atoms with van der Waals surface area (Å²) in [7, 11) is 0.236. The van der Waals surface area contributed by atoms with Crippen LogP contribution in [0.4, 0.5) is 5.69 Å². The van der Waals surface area contributed by atoms with E-state index >= 15 is 0 Å². The topological polar surface area (TPSA) is 62.2 Å². The van der Waals surface area contributed by atoms with Crippen LogP contribution >= 0.6 is 0 Å². The minimum absolute atomic E-state index is 0.0745. The van der Waals surface area contributed by atoms with Crippen LogP contribution in [-0.2, 0) is 9.53 Å². The molecule has 0 fully saturated rings. The number of esters is 1. The molecule has 0 radical (unpaired) electrons. The Morgan fingerprint density at radius 2 is 1.97 bits per heavy atom. The lowest BCUT2D eigenvalue weighted by Crippen LogP contribution is -2.46. The van der Waals surface area contributed by atoms with Crippen molar-refractivity contribution in [3.05, 3.63) is 29.3 Å². The fraction of sp³-hybridized carbons (Fsp3) is 0.500. The summed E-state index contributed by atoms with van der Waals surface area (Å²) in [4.78, 5) is 33.8. The van der Waals surface area contributed by atoms with Gasteiger partial charge in [0.2, 0.25) is 0 Å². The van der Waals surface area contributed by atoms with Crippen molar-refractivity contribution >= 4 is 31.3 Å². The molecule has 29 heavy (non-hydrogen) atoms. The largest absolute Gasteiger partial charge is 0.455 e. The predicted octanol–water partition coefficient (Wildman–Crippen LogP) is 2.93. The Bertz CT molecular complexity index is 945. The van der Waals surface area contributed by atoms with Gasteiger partial charge in [-0.2, -0.15) is 0 Å². The van der Waals surface area contributed by atoms with E-state index in [9.17, 15) is 9.59 Å². The molecule has 0 aromatic heterocycles. The highest BCUT2D eigenvalue weighted by molar-refractivity contribution is 6.83. The van der Waals surface area contributed by atoms with E-state index in [1.54, 1.807) is 11.9 Å². The number of aliphatic imine (C=N–C) groups is 1. The lowest BCUT2D eigenvalue weighted by molar-refractivity contribution is -0.146. The third-order valence-corrected chi connectivity index (χ3v) is 5.48. The maximum atomic E-state index is 13.0. The number of fused-ring (bicyclic) bond motifs is 3. The van der Waals surface area contributed by atoms with Crippen LogP contribution < -0.4 is 4.90 Å². The molecule has 0 saturated carbocycles. The maximum absolute atomic E-state index is 13.0. The first-order valence-electron chi connectivity index (χ1n) is 9.83. The Balaban J connectivity index is 1.97. The molecule has 0 aliphatic carbocycles. The number of hydrogen-bond acceptors (Lipinski definition) is 5. The Morgan fingerprint density at radius 3 is 2.59 bits per heavy atom. The standard InChI is InChI=1S/C22H29N3O3Si/c1-22(2,3)28-21(27)19-18-13-24(4)20(26)16-12-15(10-11-29(5,6)7)8-9-17(16)25(18)14-23-19/h8-9,12,18H,13-14H2,1-7H3. The third-order valence-electron chi connectivity index (χ3n) is 4.61. The van der Waals surface area contributed by atoms with E-state index in [0.717, 1.165) is 11.3 Å². The van der Waals surface area contributed by atoms with Crippen LogP contribution in [0.15, 0.2) is 23.2 Å². The van der Waals surface area contributed by atoms with Gasteiger partial charge in [0.25, 0.3) is 5.91 Å². The minimum atomic E-state index is -1.52. The number of hydrogen-bond donors (Lipinski definition) is 0. The van der Waals surface area contributed by atoms with Crippen LogP contribution in [-0.4, -0.2) is 62.5 Å². The van der Waals surface area contributed by atoms with Crippen molar-refractivity contribution in [2.75, 3.05) is 25.2 Å². The SMILES string of the molecule is CN1CC2C(C(=O)OC(C)(C)C)=NCN2c2ccc(C#C[Si](C)(C)C)cc2C1=O. The van der Waals surface area contributed by atoms with Crippen molar-refractivity contribution in [2.45, 2.75) is 52.1 Å². The summed E-state index contributed by atoms with van der Waals surface area (Å²) in [5.74, 6) is 2.72. The van der Waals surface area contributed by atoms with Gasteiger partial charge in [-0.15, -0.1) is 5.54 Å². The van der Waals surface area contributed by atoms with Crippen LogP contribution in [0.3, 0.4) is 0 Å². The summed E-state index contributed by atoms with van der Waals surface area (Å²) in [5, 5.41) is 0. The van der Waals surface area contributed by atoms with Crippen LogP contribution in [0.1, 0.15) is 36.7 Å². The second kappa shape index (κ2) is 7.34. The summed E-state index contributed by atoms with van der Waals surface area (Å²) in [6.07, 6.45) is 0. The second-order valence-electron chi connectivity index (χ2n) is 9.59. The van der Waals surface area contributed by atoms with E-state index in [-0.39, 0.29) is 11.9 Å². The Kier molecular flexibility index (Phi) is 5.35. The van der Waals surface area contributed by atoms with Crippen molar-refractivity contribution in [1.29, 1.82) is 0 Å². The second-order valence-corrected chi connectivity index (χ2v) is 14.3. The van der Waals surface area contributed by atoms with Gasteiger partial charge in [-0.1, -0.05) is 25.6 Å². The zero-order chi connectivity index (χ0) is 21.6. The van der Waals surface area contributed by atoms with E-state index in [4.69, 9.17) is 4.74 Å². The van der Waals surface area contributed by atoms with Gasteiger partial charge in [-0.3, -0.25) is 9.79 Å². The average Bonchev–Trinajstić information content (AvgIpc) is 2.96. The first kappa shape index (κ1) is 21.1. The molecule has 1 aromatic rings. The number of amides is 1. The van der Waals surface area contributed by atoms with Crippen LogP contribution in [0.25, 0.3) is 0 Å². The highest BCUT2D eigenvalue weighted by atomic mass is 28.3. The van der Waals surface area contributed by atoms with E-state index in [2.05, 4.69) is 36.1 Å². The van der Waals surface area contributed by atoms with Gasteiger partial charge in [0.15, 0.2) is 0 Å². The van der Waals surface area contributed by atoms with Crippen LogP contribution in [0.2, 0.25) is 19.6 Å². The molecule has 3 rings (SSSR count). The quantitative estimate of drug-likeness (QED) is 0.405. The molecule has 7 heteroatoms. The van der Waals surface area contributed by atoms with Gasteiger partial charge in [0, 0.05) is 19.2 Å². The Hall–Kier alpha value is -2.59. The lowest BCUT2D eigenvalue weighted by atomic mass is 10.1. The van der Waals surface area contributed by atoms with Gasteiger partial charge in [0.1, 0.15) is 26.1 Å². The molecule has 1 aromatic carbocycles. The van der Waals surface area contributed by atoms with Crippen molar-refractivity contribution < 1.29 is 14.3 Å². The molecule has 2 aliphatic rings. The molecule has 154 valence electrons. The highest BCUT2D eigenvalue weighted by Crippen LogP contribution is 2.31. The molecule has 0 bridgehead atoms. The summed E-state index contributed by atoms with van der Waals surface area (Å²) in [6, 6.07) is 5.39. The third kappa shape index (κ3) is 4.70. The van der Waals surface area contributed by atoms with Gasteiger partial charge in [-0.25, -0.2) is 4.79 Å². The number of nitrogens with zero attached hydrogens (tertiary/aromatic N) is 3. The smallest absolute Gasteiger partial charge is 0.355 e. The molecule has 1 atom stereocenters. The van der Waals surface area contributed by atoms with E-state index in [1.807, 2.05) is 43.9 Å². The molecule has 6 nitrogen and oxygen atoms in total. The summed E-state index contributed by atoms with van der Waals surface area (Å²) >= 11 is 0. The summed E-state index contributed by atoms with van der Waals surface area (Å²) in [5.41, 5.74) is 5.33. The van der Waals surface area contributed by atoms with Gasteiger partial charge >= 0.3 is 5.97 Å². The lowest BCUT2D eigenvalue weighted by Gasteiger charge is -2.27. The van der Waals surface area contributed by atoms with Crippen molar-refractivity contribution in [3.8, 4) is 11.5 Å². The maximum Gasteiger partial charge on any atom is 0.355 e. The first-order chi connectivity index (χ1) is 13.4. The number of carbonyl (C=O) groups is 2. The number of likely N-dealkylation sites (N-methyl/N-ethyl adjacent to an activating group) is 1. The fourth-order valence-corrected chi connectivity index (χ4v) is 3.83. The molecule has 0 N–H and O–H groups in total. The van der Waals surface area contributed by atoms with Gasteiger partial charge in [-0.05, 0) is 39.0 Å². The van der Waals surface area contributed by atoms with Gasteiger partial charge in [0.05, 0.1) is 17.3 Å². The van der Waals surface area contributed by atoms with E-state index in [1.165, 1.54) is 0 Å². The molecular weight excluding hydrogens is 382 g/mol. The normalized spacial score (nSPS) is 18.9. The van der Waals surface area contributed by atoms with Crippen LogP contribution in [0, 0.1) is 11.5 Å². The summed E-state index contributed by atoms with van der Waals surface area (Å²) in [6.45, 7) is 12.8. The van der Waals surface area contributed by atoms with E-state index < -0.39 is 19.6 Å². The number of carbonyl (C=O) groups excluding carboxylic acids is 2. The highest BCUT2D eigenvalue weighted by Gasteiger charge is 2.41. The van der Waals surface area contributed by atoms with Gasteiger partial charge < -0.3 is 14.5 Å². The van der Waals surface area contributed by atoms with Crippen LogP contribution in [0.5, 0.6) is 0 Å². The van der Waals surface area contributed by atoms with E-state index in [0.29, 0.717) is 24.5 Å². The Morgan fingerprint density at radius 1 is 1.28 bits per heavy atom. The zero-order valence-electron chi connectivity index (χ0n) is 18.3. The molecular formula is C22H29N3O3Si. The Labute approximate surface area is 173 Å².